The van der Waals surface area contributed by atoms with E-state index in [0.29, 0.717) is 17.6 Å². The average Bonchev–Trinajstić information content (AvgIpc) is 3.46. The van der Waals surface area contributed by atoms with Crippen molar-refractivity contribution in [3.8, 4) is 0 Å². The molecule has 1 saturated heterocycles. The summed E-state index contributed by atoms with van der Waals surface area (Å²) in [6, 6.07) is 7.54. The number of likely N-dealkylation sites (tertiary alicyclic amines) is 1. The summed E-state index contributed by atoms with van der Waals surface area (Å²) in [4.78, 5) is 7.04. The van der Waals surface area contributed by atoms with Gasteiger partial charge in [0.15, 0.2) is 5.96 Å². The van der Waals surface area contributed by atoms with E-state index < -0.39 is 11.9 Å². The van der Waals surface area contributed by atoms with Crippen molar-refractivity contribution in [3.05, 3.63) is 35.6 Å². The lowest BCUT2D eigenvalue weighted by atomic mass is 10.1. The lowest BCUT2D eigenvalue weighted by molar-refractivity contribution is 0.181. The zero-order valence-electron chi connectivity index (χ0n) is 14.9. The van der Waals surface area contributed by atoms with Gasteiger partial charge in [-0.3, -0.25) is 4.99 Å². The Balaban J connectivity index is 1.53. The molecule has 0 spiro atoms. The summed E-state index contributed by atoms with van der Waals surface area (Å²) in [5.74, 6) is 0.304. The van der Waals surface area contributed by atoms with Crippen molar-refractivity contribution in [3.63, 3.8) is 0 Å². The number of aliphatic imine (C=N–C) groups is 1. The molecule has 138 valence electrons. The zero-order valence-corrected chi connectivity index (χ0v) is 14.9. The fourth-order valence-corrected chi connectivity index (χ4v) is 3.38. The van der Waals surface area contributed by atoms with E-state index >= 15 is 0 Å². The fourth-order valence-electron chi connectivity index (χ4n) is 3.38. The highest BCUT2D eigenvalue weighted by molar-refractivity contribution is 5.80. The maximum atomic E-state index is 13.7. The minimum atomic E-state index is -0.937. The molecule has 3 rings (SSSR count). The zero-order chi connectivity index (χ0) is 17.6. The Morgan fingerprint density at radius 3 is 2.64 bits per heavy atom. The first-order chi connectivity index (χ1) is 12.2. The van der Waals surface area contributed by atoms with Crippen molar-refractivity contribution in [1.29, 1.82) is 0 Å². The van der Waals surface area contributed by atoms with Gasteiger partial charge in [-0.05, 0) is 38.7 Å². The first kappa shape index (κ1) is 18.1. The molecule has 0 radical (unpaired) electrons. The van der Waals surface area contributed by atoms with Gasteiger partial charge in [0, 0.05) is 37.3 Å². The molecule has 5 nitrogen and oxygen atoms in total. The Morgan fingerprint density at radius 1 is 1.28 bits per heavy atom. The Labute approximate surface area is 149 Å². The maximum absolute atomic E-state index is 13.7. The quantitative estimate of drug-likeness (QED) is 0.544. The highest BCUT2D eigenvalue weighted by Gasteiger charge is 2.31. The lowest BCUT2D eigenvalue weighted by Crippen LogP contribution is -2.49. The smallest absolute Gasteiger partial charge is 0.191 e. The van der Waals surface area contributed by atoms with Crippen LogP contribution in [0.2, 0.25) is 0 Å². The van der Waals surface area contributed by atoms with E-state index in [0.717, 1.165) is 38.5 Å². The maximum Gasteiger partial charge on any atom is 0.191 e. The predicted molar refractivity (Wildman–Crippen MR) is 98.1 cm³/mol. The molecule has 0 aromatic heterocycles. The third-order valence-electron chi connectivity index (χ3n) is 4.96. The number of benzene rings is 1. The number of aliphatic hydroxyl groups excluding tert-OH is 1. The molecule has 3 N–H and O–H groups in total. The third-order valence-corrected chi connectivity index (χ3v) is 4.96. The minimum Gasteiger partial charge on any atom is -0.386 e. The molecule has 1 aromatic rings. The number of halogens is 1. The third kappa shape index (κ3) is 5.16. The van der Waals surface area contributed by atoms with Gasteiger partial charge >= 0.3 is 0 Å². The largest absolute Gasteiger partial charge is 0.386 e. The van der Waals surface area contributed by atoms with Crippen LogP contribution in [0.4, 0.5) is 4.39 Å². The van der Waals surface area contributed by atoms with Crippen molar-refractivity contribution in [2.24, 2.45) is 4.99 Å². The summed E-state index contributed by atoms with van der Waals surface area (Å²) in [5, 5.41) is 16.9. The number of guanidine groups is 1. The molecular formula is C19H29FN4O. The summed E-state index contributed by atoms with van der Waals surface area (Å²) in [6.07, 6.45) is 3.99. The van der Waals surface area contributed by atoms with Gasteiger partial charge in [-0.2, -0.15) is 0 Å². The Bertz CT molecular complexity index is 583. The standard InChI is InChI=1S/C19H29FN4O/c1-2-21-19(22-13-18(25)16-5-3-4-6-17(16)20)23-14-9-11-24(12-10-14)15-7-8-15/h3-6,14-15,18,25H,2,7-13H2,1H3,(H2,21,22,23). The molecular weight excluding hydrogens is 319 g/mol. The van der Waals surface area contributed by atoms with Crippen molar-refractivity contribution < 1.29 is 9.50 Å². The van der Waals surface area contributed by atoms with Crippen LogP contribution in [0.5, 0.6) is 0 Å². The van der Waals surface area contributed by atoms with E-state index in [1.807, 2.05) is 6.92 Å². The Kier molecular flexibility index (Phi) is 6.26. The SMILES string of the molecule is CCNC(=NCC(O)c1ccccc1F)NC1CCN(C2CC2)CC1. The summed E-state index contributed by atoms with van der Waals surface area (Å²) in [5.41, 5.74) is 0.292. The molecule has 2 aliphatic rings. The molecule has 6 heteroatoms. The van der Waals surface area contributed by atoms with E-state index in [-0.39, 0.29) is 6.54 Å². The molecule has 1 aliphatic carbocycles. The average molecular weight is 348 g/mol. The van der Waals surface area contributed by atoms with Gasteiger partial charge in [0.05, 0.1) is 6.54 Å². The molecule has 0 amide bonds. The van der Waals surface area contributed by atoms with Crippen LogP contribution in [-0.2, 0) is 0 Å². The number of hydrogen-bond donors (Lipinski definition) is 3. The fraction of sp³-hybridized carbons (Fsp3) is 0.632. The Hall–Kier alpha value is -1.66. The van der Waals surface area contributed by atoms with E-state index in [1.54, 1.807) is 18.2 Å². The molecule has 1 saturated carbocycles. The van der Waals surface area contributed by atoms with Crippen LogP contribution in [0.15, 0.2) is 29.3 Å². The Morgan fingerprint density at radius 2 is 2.00 bits per heavy atom. The molecule has 1 atom stereocenters. The first-order valence-electron chi connectivity index (χ1n) is 9.38. The van der Waals surface area contributed by atoms with Crippen LogP contribution in [0.3, 0.4) is 0 Å². The van der Waals surface area contributed by atoms with Crippen LogP contribution in [0.1, 0.15) is 44.3 Å². The molecule has 0 bridgehead atoms. The van der Waals surface area contributed by atoms with Crippen LogP contribution in [0, 0.1) is 5.82 Å². The number of nitrogens with zero attached hydrogens (tertiary/aromatic N) is 2. The van der Waals surface area contributed by atoms with Gasteiger partial charge in [-0.1, -0.05) is 18.2 Å². The number of rotatable bonds is 6. The highest BCUT2D eigenvalue weighted by Crippen LogP contribution is 2.29. The van der Waals surface area contributed by atoms with Crippen molar-refractivity contribution in [2.45, 2.75) is 50.8 Å². The van der Waals surface area contributed by atoms with Crippen molar-refractivity contribution >= 4 is 5.96 Å². The second kappa shape index (κ2) is 8.63. The number of hydrogen-bond acceptors (Lipinski definition) is 3. The van der Waals surface area contributed by atoms with E-state index in [1.165, 1.54) is 18.9 Å². The predicted octanol–water partition coefficient (Wildman–Crippen LogP) is 2.04. The summed E-state index contributed by atoms with van der Waals surface area (Å²) in [6.45, 7) is 5.18. The van der Waals surface area contributed by atoms with Crippen LogP contribution in [-0.4, -0.2) is 54.2 Å². The number of nitrogens with one attached hydrogen (secondary N) is 2. The summed E-state index contributed by atoms with van der Waals surface area (Å²) >= 11 is 0. The monoisotopic (exact) mass is 348 g/mol. The van der Waals surface area contributed by atoms with Crippen LogP contribution >= 0.6 is 0 Å². The molecule has 2 fully saturated rings. The van der Waals surface area contributed by atoms with Gasteiger partial charge in [-0.15, -0.1) is 0 Å². The second-order valence-corrected chi connectivity index (χ2v) is 6.94. The van der Waals surface area contributed by atoms with E-state index in [4.69, 9.17) is 0 Å². The van der Waals surface area contributed by atoms with Gasteiger partial charge < -0.3 is 20.6 Å². The highest BCUT2D eigenvalue weighted by atomic mass is 19.1. The van der Waals surface area contributed by atoms with Crippen molar-refractivity contribution in [2.75, 3.05) is 26.2 Å². The topological polar surface area (TPSA) is 59.9 Å². The minimum absolute atomic E-state index is 0.136. The molecule has 1 aliphatic heterocycles. The molecule has 1 aromatic carbocycles. The van der Waals surface area contributed by atoms with Gasteiger partial charge in [0.2, 0.25) is 0 Å². The number of aliphatic hydroxyl groups is 1. The lowest BCUT2D eigenvalue weighted by Gasteiger charge is -2.33. The first-order valence-corrected chi connectivity index (χ1v) is 9.38. The molecule has 1 heterocycles. The van der Waals surface area contributed by atoms with Gasteiger partial charge in [-0.25, -0.2) is 4.39 Å². The molecule has 25 heavy (non-hydrogen) atoms. The molecule has 1 unspecified atom stereocenters. The van der Waals surface area contributed by atoms with E-state index in [9.17, 15) is 9.50 Å². The summed E-state index contributed by atoms with van der Waals surface area (Å²) in [7, 11) is 0. The second-order valence-electron chi connectivity index (χ2n) is 6.94. The van der Waals surface area contributed by atoms with E-state index in [2.05, 4.69) is 20.5 Å². The van der Waals surface area contributed by atoms with Crippen molar-refractivity contribution in [1.82, 2.24) is 15.5 Å². The summed E-state index contributed by atoms with van der Waals surface area (Å²) < 4.78 is 13.7. The van der Waals surface area contributed by atoms with Crippen LogP contribution in [0.25, 0.3) is 0 Å². The van der Waals surface area contributed by atoms with Gasteiger partial charge in [0.25, 0.3) is 0 Å². The number of piperidine rings is 1. The normalized spacial score (nSPS) is 21.2. The van der Waals surface area contributed by atoms with Crippen LogP contribution < -0.4 is 10.6 Å². The van der Waals surface area contributed by atoms with Gasteiger partial charge in [0.1, 0.15) is 11.9 Å².